The van der Waals surface area contributed by atoms with E-state index in [0.29, 0.717) is 17.3 Å². The van der Waals surface area contributed by atoms with Gasteiger partial charge in [0.1, 0.15) is 5.82 Å². The average molecular weight is 321 g/mol. The molecular formula is C17H18ClFN2O. The van der Waals surface area contributed by atoms with Gasteiger partial charge in [-0.25, -0.2) is 4.39 Å². The van der Waals surface area contributed by atoms with Crippen LogP contribution in [-0.2, 0) is 11.3 Å². The second kappa shape index (κ2) is 7.38. The smallest absolute Gasteiger partial charge is 0.238 e. The molecule has 0 aromatic heterocycles. The SMILES string of the molecule is Cc1ccc(F)cc1NC(=O)CN(C)Cc1ccc(Cl)cc1. The second-order valence-corrected chi connectivity index (χ2v) is 5.74. The third-order valence-corrected chi connectivity index (χ3v) is 3.50. The molecule has 0 bridgehead atoms. The molecule has 22 heavy (non-hydrogen) atoms. The average Bonchev–Trinajstić information content (AvgIpc) is 2.45. The molecule has 0 radical (unpaired) electrons. The monoisotopic (exact) mass is 320 g/mol. The maximum absolute atomic E-state index is 13.2. The number of carbonyl (C=O) groups is 1. The highest BCUT2D eigenvalue weighted by Gasteiger charge is 2.09. The highest BCUT2D eigenvalue weighted by molar-refractivity contribution is 6.30. The summed E-state index contributed by atoms with van der Waals surface area (Å²) in [7, 11) is 1.85. The predicted octanol–water partition coefficient (Wildman–Crippen LogP) is 3.86. The molecule has 0 aliphatic rings. The van der Waals surface area contributed by atoms with Crippen molar-refractivity contribution in [2.45, 2.75) is 13.5 Å². The van der Waals surface area contributed by atoms with Crippen LogP contribution in [-0.4, -0.2) is 24.4 Å². The van der Waals surface area contributed by atoms with E-state index in [2.05, 4.69) is 5.32 Å². The largest absolute Gasteiger partial charge is 0.325 e. The Balaban J connectivity index is 1.91. The van der Waals surface area contributed by atoms with Gasteiger partial charge in [-0.3, -0.25) is 9.69 Å². The summed E-state index contributed by atoms with van der Waals surface area (Å²) in [5.74, 6) is -0.541. The molecule has 0 fully saturated rings. The summed E-state index contributed by atoms with van der Waals surface area (Å²) in [5, 5.41) is 3.42. The Morgan fingerprint density at radius 1 is 1.23 bits per heavy atom. The maximum atomic E-state index is 13.2. The number of benzene rings is 2. The highest BCUT2D eigenvalue weighted by Crippen LogP contribution is 2.16. The molecule has 2 aromatic rings. The molecule has 1 N–H and O–H groups in total. The van der Waals surface area contributed by atoms with Crippen molar-refractivity contribution in [2.24, 2.45) is 0 Å². The molecule has 3 nitrogen and oxygen atoms in total. The molecule has 2 aromatic carbocycles. The summed E-state index contributed by atoms with van der Waals surface area (Å²) in [4.78, 5) is 13.9. The molecule has 0 aliphatic heterocycles. The van der Waals surface area contributed by atoms with Gasteiger partial charge in [0.25, 0.3) is 0 Å². The number of nitrogens with one attached hydrogen (secondary N) is 1. The summed E-state index contributed by atoms with van der Waals surface area (Å²) < 4.78 is 13.2. The highest BCUT2D eigenvalue weighted by atomic mass is 35.5. The lowest BCUT2D eigenvalue weighted by molar-refractivity contribution is -0.117. The van der Waals surface area contributed by atoms with Crippen molar-refractivity contribution in [3.8, 4) is 0 Å². The first-order valence-electron chi connectivity index (χ1n) is 6.93. The molecule has 116 valence electrons. The Labute approximate surface area is 134 Å². The van der Waals surface area contributed by atoms with Crippen LogP contribution in [0.2, 0.25) is 5.02 Å². The predicted molar refractivity (Wildman–Crippen MR) is 87.6 cm³/mol. The molecule has 1 amide bonds. The molecule has 2 rings (SSSR count). The second-order valence-electron chi connectivity index (χ2n) is 5.31. The quantitative estimate of drug-likeness (QED) is 0.907. The lowest BCUT2D eigenvalue weighted by Gasteiger charge is -2.17. The van der Waals surface area contributed by atoms with Gasteiger partial charge in [-0.15, -0.1) is 0 Å². The van der Waals surface area contributed by atoms with Gasteiger partial charge in [0.2, 0.25) is 5.91 Å². The van der Waals surface area contributed by atoms with Crippen LogP contribution in [0.4, 0.5) is 10.1 Å². The number of nitrogens with zero attached hydrogens (tertiary/aromatic N) is 1. The Morgan fingerprint density at radius 2 is 1.91 bits per heavy atom. The molecule has 0 atom stereocenters. The summed E-state index contributed by atoms with van der Waals surface area (Å²) in [6.07, 6.45) is 0. The standard InChI is InChI=1S/C17H18ClFN2O/c1-12-3-8-15(19)9-16(12)20-17(22)11-21(2)10-13-4-6-14(18)7-5-13/h3-9H,10-11H2,1-2H3,(H,20,22). The fraction of sp³-hybridized carbons (Fsp3) is 0.235. The van der Waals surface area contributed by atoms with E-state index in [0.717, 1.165) is 11.1 Å². The number of hydrogen-bond acceptors (Lipinski definition) is 2. The van der Waals surface area contributed by atoms with Gasteiger partial charge < -0.3 is 5.32 Å². The van der Waals surface area contributed by atoms with E-state index in [4.69, 9.17) is 11.6 Å². The van der Waals surface area contributed by atoms with E-state index < -0.39 is 0 Å². The van der Waals surface area contributed by atoms with Gasteiger partial charge >= 0.3 is 0 Å². The zero-order chi connectivity index (χ0) is 16.1. The van der Waals surface area contributed by atoms with Crippen LogP contribution < -0.4 is 5.32 Å². The van der Waals surface area contributed by atoms with E-state index in [9.17, 15) is 9.18 Å². The summed E-state index contributed by atoms with van der Waals surface area (Å²) in [6, 6.07) is 11.8. The van der Waals surface area contributed by atoms with E-state index in [1.807, 2.05) is 43.1 Å². The minimum Gasteiger partial charge on any atom is -0.325 e. The van der Waals surface area contributed by atoms with Crippen LogP contribution in [0.5, 0.6) is 0 Å². The number of aryl methyl sites for hydroxylation is 1. The minimum absolute atomic E-state index is 0.176. The number of hydrogen-bond donors (Lipinski definition) is 1. The van der Waals surface area contributed by atoms with Gasteiger partial charge in [-0.2, -0.15) is 0 Å². The molecule has 5 heteroatoms. The first-order valence-corrected chi connectivity index (χ1v) is 7.31. The fourth-order valence-corrected chi connectivity index (χ4v) is 2.25. The van der Waals surface area contributed by atoms with Gasteiger partial charge in [0.05, 0.1) is 6.54 Å². The van der Waals surface area contributed by atoms with Crippen LogP contribution >= 0.6 is 11.6 Å². The van der Waals surface area contributed by atoms with Crippen LogP contribution in [0, 0.1) is 12.7 Å². The molecule has 0 aliphatic carbocycles. The molecule has 0 spiro atoms. The Kier molecular flexibility index (Phi) is 5.52. The van der Waals surface area contributed by atoms with Gasteiger partial charge in [0, 0.05) is 17.3 Å². The van der Waals surface area contributed by atoms with E-state index >= 15 is 0 Å². The zero-order valence-corrected chi connectivity index (χ0v) is 13.3. The normalized spacial score (nSPS) is 10.8. The van der Waals surface area contributed by atoms with Crippen LogP contribution in [0.25, 0.3) is 0 Å². The van der Waals surface area contributed by atoms with E-state index in [1.54, 1.807) is 6.07 Å². The van der Waals surface area contributed by atoms with Gasteiger partial charge in [0.15, 0.2) is 0 Å². The van der Waals surface area contributed by atoms with Crippen molar-refractivity contribution < 1.29 is 9.18 Å². The molecule has 0 saturated heterocycles. The number of anilines is 1. The number of carbonyl (C=O) groups excluding carboxylic acids is 1. The number of halogens is 2. The van der Waals surface area contributed by atoms with Crippen molar-refractivity contribution in [1.29, 1.82) is 0 Å². The first-order chi connectivity index (χ1) is 10.4. The Bertz CT molecular complexity index is 658. The molecule has 0 heterocycles. The third-order valence-electron chi connectivity index (χ3n) is 3.25. The van der Waals surface area contributed by atoms with Crippen molar-refractivity contribution in [3.63, 3.8) is 0 Å². The van der Waals surface area contributed by atoms with E-state index in [-0.39, 0.29) is 18.3 Å². The molecule has 0 saturated carbocycles. The summed E-state index contributed by atoms with van der Waals surface area (Å²) in [6.45, 7) is 2.68. The summed E-state index contributed by atoms with van der Waals surface area (Å²) in [5.41, 5.74) is 2.40. The van der Waals surface area contributed by atoms with Crippen LogP contribution in [0.15, 0.2) is 42.5 Å². The molecule has 0 unspecified atom stereocenters. The maximum Gasteiger partial charge on any atom is 0.238 e. The van der Waals surface area contributed by atoms with E-state index in [1.165, 1.54) is 12.1 Å². The lowest BCUT2D eigenvalue weighted by Crippen LogP contribution is -2.30. The third kappa shape index (κ3) is 4.83. The topological polar surface area (TPSA) is 32.3 Å². The fourth-order valence-electron chi connectivity index (χ4n) is 2.12. The molecular weight excluding hydrogens is 303 g/mol. The van der Waals surface area contributed by atoms with Crippen molar-refractivity contribution >= 4 is 23.2 Å². The Morgan fingerprint density at radius 3 is 2.59 bits per heavy atom. The lowest BCUT2D eigenvalue weighted by atomic mass is 10.2. The minimum atomic E-state index is -0.365. The van der Waals surface area contributed by atoms with Crippen LogP contribution in [0.3, 0.4) is 0 Å². The number of likely N-dealkylation sites (N-methyl/N-ethyl adjacent to an activating group) is 1. The number of amides is 1. The first kappa shape index (κ1) is 16.5. The zero-order valence-electron chi connectivity index (χ0n) is 12.6. The van der Waals surface area contributed by atoms with Crippen LogP contribution in [0.1, 0.15) is 11.1 Å². The van der Waals surface area contributed by atoms with Crippen molar-refractivity contribution in [1.82, 2.24) is 4.90 Å². The Hall–Kier alpha value is -1.91. The number of rotatable bonds is 5. The van der Waals surface area contributed by atoms with Gasteiger partial charge in [-0.1, -0.05) is 29.8 Å². The van der Waals surface area contributed by atoms with Crippen molar-refractivity contribution in [2.75, 3.05) is 18.9 Å². The van der Waals surface area contributed by atoms with Gasteiger partial charge in [-0.05, 0) is 49.4 Å². The summed E-state index contributed by atoms with van der Waals surface area (Å²) >= 11 is 5.84. The van der Waals surface area contributed by atoms with Crippen molar-refractivity contribution in [3.05, 3.63) is 64.4 Å².